The van der Waals surface area contributed by atoms with Gasteiger partial charge in [0.25, 0.3) is 11.8 Å². The van der Waals surface area contributed by atoms with E-state index in [1.54, 1.807) is 18.2 Å². The topological polar surface area (TPSA) is 97.6 Å². The van der Waals surface area contributed by atoms with E-state index >= 15 is 0 Å². The Bertz CT molecular complexity index is 766. The smallest absolute Gasteiger partial charge is 0.262 e. The average Bonchev–Trinajstić information content (AvgIpc) is 3.15. The zero-order chi connectivity index (χ0) is 16.5. The van der Waals surface area contributed by atoms with E-state index in [1.807, 2.05) is 4.90 Å². The molecule has 2 amide bonds. The van der Waals surface area contributed by atoms with Crippen molar-refractivity contribution in [2.75, 3.05) is 25.0 Å². The number of nitrogens with zero attached hydrogens (tertiary/aromatic N) is 3. The van der Waals surface area contributed by atoms with Gasteiger partial charge in [-0.15, -0.1) is 0 Å². The molecule has 2 aliphatic rings. The van der Waals surface area contributed by atoms with Gasteiger partial charge >= 0.3 is 0 Å². The number of hydrogen-bond acceptors (Lipinski definition) is 6. The summed E-state index contributed by atoms with van der Waals surface area (Å²) < 4.78 is 10.2. The van der Waals surface area contributed by atoms with Crippen LogP contribution >= 0.6 is 0 Å². The highest BCUT2D eigenvalue weighted by molar-refractivity contribution is 5.99. The number of hydrogen-bond donors (Lipinski definition) is 1. The Hall–Kier alpha value is -2.90. The Morgan fingerprint density at radius 1 is 1.29 bits per heavy atom. The first-order valence-electron chi connectivity index (χ1n) is 7.83. The summed E-state index contributed by atoms with van der Waals surface area (Å²) in [5, 5.41) is 6.60. The molecular formula is C16H16N4O4. The van der Waals surface area contributed by atoms with Gasteiger partial charge in [-0.3, -0.25) is 9.59 Å². The van der Waals surface area contributed by atoms with E-state index in [0.717, 1.165) is 12.8 Å². The lowest BCUT2D eigenvalue weighted by molar-refractivity contribution is -0.118. The molecule has 124 valence electrons. The quantitative estimate of drug-likeness (QED) is 0.895. The molecule has 0 saturated carbocycles. The Labute approximate surface area is 137 Å². The summed E-state index contributed by atoms with van der Waals surface area (Å²) in [6, 6.07) is 5.09. The molecule has 0 radical (unpaired) electrons. The number of amides is 2. The second kappa shape index (κ2) is 5.95. The molecule has 1 fully saturated rings. The molecule has 0 atom stereocenters. The largest absolute Gasteiger partial charge is 0.482 e. The highest BCUT2D eigenvalue weighted by atomic mass is 16.5. The van der Waals surface area contributed by atoms with Crippen LogP contribution < -0.4 is 10.1 Å². The molecule has 0 bridgehead atoms. The van der Waals surface area contributed by atoms with Crippen molar-refractivity contribution in [3.8, 4) is 5.75 Å². The van der Waals surface area contributed by atoms with E-state index < -0.39 is 0 Å². The van der Waals surface area contributed by atoms with E-state index in [9.17, 15) is 9.59 Å². The Kier molecular flexibility index (Phi) is 3.64. The maximum absolute atomic E-state index is 12.7. The van der Waals surface area contributed by atoms with Gasteiger partial charge in [0.2, 0.25) is 6.39 Å². The van der Waals surface area contributed by atoms with Crippen molar-refractivity contribution in [3.05, 3.63) is 36.0 Å². The molecule has 8 heteroatoms. The summed E-state index contributed by atoms with van der Waals surface area (Å²) in [4.78, 5) is 29.9. The second-order valence-electron chi connectivity index (χ2n) is 5.90. The molecule has 0 spiro atoms. The molecule has 24 heavy (non-hydrogen) atoms. The van der Waals surface area contributed by atoms with Gasteiger partial charge in [-0.2, -0.15) is 4.98 Å². The minimum atomic E-state index is -0.190. The number of fused-ring (bicyclic) bond motifs is 1. The number of anilines is 1. The fourth-order valence-electron chi connectivity index (χ4n) is 3.09. The molecule has 1 saturated heterocycles. The number of likely N-dealkylation sites (tertiary alicyclic amines) is 1. The third-order valence-electron chi connectivity index (χ3n) is 4.39. The maximum Gasteiger partial charge on any atom is 0.262 e. The van der Waals surface area contributed by atoms with Crippen molar-refractivity contribution >= 4 is 17.5 Å². The van der Waals surface area contributed by atoms with Crippen LogP contribution in [0.15, 0.2) is 29.1 Å². The van der Waals surface area contributed by atoms with Gasteiger partial charge in [0.05, 0.1) is 5.69 Å². The van der Waals surface area contributed by atoms with E-state index in [4.69, 9.17) is 9.26 Å². The first kappa shape index (κ1) is 14.7. The average molecular weight is 328 g/mol. The van der Waals surface area contributed by atoms with Crippen LogP contribution in [0, 0.1) is 0 Å². The molecular weight excluding hydrogens is 312 g/mol. The Morgan fingerprint density at radius 2 is 2.12 bits per heavy atom. The summed E-state index contributed by atoms with van der Waals surface area (Å²) >= 11 is 0. The van der Waals surface area contributed by atoms with Gasteiger partial charge in [0.1, 0.15) is 5.75 Å². The Morgan fingerprint density at radius 3 is 2.88 bits per heavy atom. The van der Waals surface area contributed by atoms with Gasteiger partial charge in [-0.25, -0.2) is 0 Å². The lowest BCUT2D eigenvalue weighted by atomic mass is 9.95. The maximum atomic E-state index is 12.7. The lowest BCUT2D eigenvalue weighted by Gasteiger charge is -2.31. The summed E-state index contributed by atoms with van der Waals surface area (Å²) in [5.41, 5.74) is 1.15. The molecule has 8 nitrogen and oxygen atoms in total. The van der Waals surface area contributed by atoms with E-state index in [-0.39, 0.29) is 24.3 Å². The second-order valence-corrected chi connectivity index (χ2v) is 5.90. The van der Waals surface area contributed by atoms with Crippen LogP contribution in [0.1, 0.15) is 34.9 Å². The fourth-order valence-corrected chi connectivity index (χ4v) is 3.09. The van der Waals surface area contributed by atoms with Crippen LogP contribution in [0.4, 0.5) is 5.69 Å². The highest BCUT2D eigenvalue weighted by Gasteiger charge is 2.27. The van der Waals surface area contributed by atoms with Crippen LogP contribution in [-0.4, -0.2) is 46.6 Å². The van der Waals surface area contributed by atoms with Gasteiger partial charge in [-0.05, 0) is 31.0 Å². The fraction of sp³-hybridized carbons (Fsp3) is 0.375. The third kappa shape index (κ3) is 2.70. The van der Waals surface area contributed by atoms with Gasteiger partial charge < -0.3 is 19.5 Å². The number of piperidine rings is 1. The lowest BCUT2D eigenvalue weighted by Crippen LogP contribution is -2.38. The van der Waals surface area contributed by atoms with Crippen LogP contribution in [-0.2, 0) is 4.79 Å². The number of aromatic nitrogens is 2. The van der Waals surface area contributed by atoms with Crippen LogP contribution in [0.3, 0.4) is 0 Å². The number of carbonyl (C=O) groups excluding carboxylic acids is 2. The molecule has 1 N–H and O–H groups in total. The molecule has 1 aromatic carbocycles. The first-order valence-corrected chi connectivity index (χ1v) is 7.83. The molecule has 3 heterocycles. The SMILES string of the molecule is O=C1COc2cc(C(=O)N3CCC(c4ncon4)CC3)ccc2N1. The summed E-state index contributed by atoms with van der Waals surface area (Å²) in [6.45, 7) is 1.26. The Balaban J connectivity index is 1.44. The molecule has 0 unspecified atom stereocenters. The van der Waals surface area contributed by atoms with Gasteiger partial charge in [-0.1, -0.05) is 5.16 Å². The number of nitrogens with one attached hydrogen (secondary N) is 1. The third-order valence-corrected chi connectivity index (χ3v) is 4.39. The predicted octanol–water partition coefficient (Wildman–Crippen LogP) is 1.42. The molecule has 1 aromatic heterocycles. The molecule has 2 aliphatic heterocycles. The van der Waals surface area contributed by atoms with E-state index in [1.165, 1.54) is 6.39 Å². The highest BCUT2D eigenvalue weighted by Crippen LogP contribution is 2.30. The van der Waals surface area contributed by atoms with Crippen molar-refractivity contribution < 1.29 is 18.8 Å². The van der Waals surface area contributed by atoms with E-state index in [0.29, 0.717) is 35.9 Å². The number of ether oxygens (including phenoxy) is 1. The van der Waals surface area contributed by atoms with Crippen LogP contribution in [0.5, 0.6) is 5.75 Å². The normalized spacial score (nSPS) is 17.8. The molecule has 4 rings (SSSR count). The molecule has 0 aliphatic carbocycles. The zero-order valence-electron chi connectivity index (χ0n) is 12.9. The number of benzene rings is 1. The minimum Gasteiger partial charge on any atom is -0.482 e. The molecule has 2 aromatic rings. The van der Waals surface area contributed by atoms with Crippen molar-refractivity contribution in [3.63, 3.8) is 0 Å². The van der Waals surface area contributed by atoms with Crippen LogP contribution in [0.25, 0.3) is 0 Å². The minimum absolute atomic E-state index is 0.0270. The standard InChI is InChI=1S/C16H16N4O4/c21-14-8-23-13-7-11(1-2-12(13)18-14)16(22)20-5-3-10(4-6-20)15-17-9-24-19-15/h1-2,7,9-10H,3-6,8H2,(H,18,21). The van der Waals surface area contributed by atoms with Crippen molar-refractivity contribution in [2.24, 2.45) is 0 Å². The predicted molar refractivity (Wildman–Crippen MR) is 82.7 cm³/mol. The number of carbonyl (C=O) groups is 2. The number of rotatable bonds is 2. The van der Waals surface area contributed by atoms with E-state index in [2.05, 4.69) is 15.5 Å². The zero-order valence-corrected chi connectivity index (χ0v) is 12.9. The van der Waals surface area contributed by atoms with Crippen molar-refractivity contribution in [2.45, 2.75) is 18.8 Å². The summed E-state index contributed by atoms with van der Waals surface area (Å²) in [6.07, 6.45) is 2.95. The summed E-state index contributed by atoms with van der Waals surface area (Å²) in [7, 11) is 0. The van der Waals surface area contributed by atoms with Crippen molar-refractivity contribution in [1.29, 1.82) is 0 Å². The first-order chi connectivity index (χ1) is 11.7. The monoisotopic (exact) mass is 328 g/mol. The van der Waals surface area contributed by atoms with Gasteiger partial charge in [0.15, 0.2) is 12.4 Å². The van der Waals surface area contributed by atoms with Gasteiger partial charge in [0, 0.05) is 24.6 Å². The summed E-state index contributed by atoms with van der Waals surface area (Å²) in [5.74, 6) is 1.24. The van der Waals surface area contributed by atoms with Crippen LogP contribution in [0.2, 0.25) is 0 Å². The van der Waals surface area contributed by atoms with Crippen molar-refractivity contribution in [1.82, 2.24) is 15.0 Å².